The third kappa shape index (κ3) is 2.83. The number of nitrogens with zero attached hydrogens (tertiary/aromatic N) is 1. The first-order chi connectivity index (χ1) is 5.93. The normalized spacial score (nSPS) is 9.67. The highest BCUT2D eigenvalue weighted by Crippen LogP contribution is 1.96. The lowest BCUT2D eigenvalue weighted by Crippen LogP contribution is -2.14. The van der Waals surface area contributed by atoms with E-state index in [2.05, 4.69) is 15.8 Å². The van der Waals surface area contributed by atoms with E-state index in [1.165, 1.54) is 12.3 Å². The fourth-order valence-electron chi connectivity index (χ4n) is 0.640. The molecule has 1 heterocycles. The summed E-state index contributed by atoms with van der Waals surface area (Å²) in [4.78, 5) is 13.8. The number of carbonyl (C=O) groups is 1. The van der Waals surface area contributed by atoms with Gasteiger partial charge in [0.2, 0.25) is 0 Å². The molecule has 4 nitrogen and oxygen atoms in total. The monoisotopic (exact) mass is 163 g/mol. The van der Waals surface area contributed by atoms with Gasteiger partial charge in [-0.3, -0.25) is 10.2 Å². The van der Waals surface area contributed by atoms with E-state index < -0.39 is 0 Å². The predicted octanol–water partition coefficient (Wildman–Crippen LogP) is 0.711. The van der Waals surface area contributed by atoms with Crippen LogP contribution < -0.4 is 10.9 Å². The summed E-state index contributed by atoms with van der Waals surface area (Å²) >= 11 is 0. The van der Waals surface area contributed by atoms with E-state index in [1.807, 2.05) is 18.2 Å². The minimum atomic E-state index is 0.688. The Labute approximate surface area is 70.3 Å². The Morgan fingerprint density at radius 1 is 1.42 bits per heavy atom. The Morgan fingerprint density at radius 2 is 2.33 bits per heavy atom. The van der Waals surface area contributed by atoms with Gasteiger partial charge in [0.05, 0.1) is 0 Å². The summed E-state index contributed by atoms with van der Waals surface area (Å²) in [6.45, 7) is 0. The fraction of sp³-hybridized carbons (Fsp3) is 0. The zero-order valence-corrected chi connectivity index (χ0v) is 6.40. The van der Waals surface area contributed by atoms with E-state index in [-0.39, 0.29) is 0 Å². The first-order valence-electron chi connectivity index (χ1n) is 3.46. The Morgan fingerprint density at radius 3 is 3.00 bits per heavy atom. The molecule has 0 aliphatic rings. The largest absolute Gasteiger partial charge is 0.307 e. The minimum Gasteiger partial charge on any atom is -0.307 e. The van der Waals surface area contributed by atoms with E-state index in [0.29, 0.717) is 12.1 Å². The molecule has 62 valence electrons. The third-order valence-corrected chi connectivity index (χ3v) is 1.12. The van der Waals surface area contributed by atoms with Crippen molar-refractivity contribution in [2.24, 2.45) is 0 Å². The number of hydrogen-bond acceptors (Lipinski definition) is 4. The second-order valence-corrected chi connectivity index (χ2v) is 1.98. The summed E-state index contributed by atoms with van der Waals surface area (Å²) < 4.78 is 0. The lowest BCUT2D eigenvalue weighted by molar-refractivity contribution is -0.104. The molecule has 0 saturated carbocycles. The van der Waals surface area contributed by atoms with Gasteiger partial charge >= 0.3 is 0 Å². The van der Waals surface area contributed by atoms with Gasteiger partial charge in [0.25, 0.3) is 0 Å². The molecule has 0 radical (unpaired) electrons. The number of aromatic nitrogens is 1. The molecule has 2 N–H and O–H groups in total. The molecule has 0 aliphatic heterocycles. The van der Waals surface area contributed by atoms with Crippen LogP contribution in [0.3, 0.4) is 0 Å². The second kappa shape index (κ2) is 4.90. The molecule has 0 atom stereocenters. The van der Waals surface area contributed by atoms with Gasteiger partial charge in [0, 0.05) is 12.4 Å². The first-order valence-corrected chi connectivity index (χ1v) is 3.46. The van der Waals surface area contributed by atoms with Gasteiger partial charge in [-0.15, -0.1) is 0 Å². The number of carbonyl (C=O) groups excluding carboxylic acids is 1. The Hall–Kier alpha value is -1.84. The van der Waals surface area contributed by atoms with Crippen LogP contribution >= 0.6 is 0 Å². The van der Waals surface area contributed by atoms with Crippen LogP contribution in [0.5, 0.6) is 0 Å². The van der Waals surface area contributed by atoms with E-state index in [4.69, 9.17) is 0 Å². The average molecular weight is 163 g/mol. The Kier molecular flexibility index (Phi) is 3.37. The molecule has 1 aromatic heterocycles. The zero-order chi connectivity index (χ0) is 8.65. The second-order valence-electron chi connectivity index (χ2n) is 1.98. The van der Waals surface area contributed by atoms with Crippen LogP contribution in [0.1, 0.15) is 0 Å². The molecule has 1 rings (SSSR count). The maximum atomic E-state index is 9.85. The van der Waals surface area contributed by atoms with Crippen molar-refractivity contribution in [2.45, 2.75) is 0 Å². The summed E-state index contributed by atoms with van der Waals surface area (Å²) in [5.41, 5.74) is 5.45. The zero-order valence-electron chi connectivity index (χ0n) is 6.40. The number of hydrazine groups is 1. The molecule has 0 bridgehead atoms. The highest BCUT2D eigenvalue weighted by Gasteiger charge is 1.84. The summed E-state index contributed by atoms with van der Waals surface area (Å²) in [7, 11) is 0. The van der Waals surface area contributed by atoms with Gasteiger partial charge in [-0.2, -0.15) is 0 Å². The topological polar surface area (TPSA) is 54.0 Å². The molecule has 0 unspecified atom stereocenters. The van der Waals surface area contributed by atoms with Gasteiger partial charge in [-0.25, -0.2) is 4.98 Å². The average Bonchev–Trinajstić information content (AvgIpc) is 2.14. The van der Waals surface area contributed by atoms with Crippen molar-refractivity contribution in [3.63, 3.8) is 0 Å². The first kappa shape index (κ1) is 8.26. The fourth-order valence-corrected chi connectivity index (χ4v) is 0.640. The summed E-state index contributed by atoms with van der Waals surface area (Å²) in [6, 6.07) is 5.49. The number of aldehydes is 1. The van der Waals surface area contributed by atoms with Crippen LogP contribution in [0.25, 0.3) is 0 Å². The lowest BCUT2D eigenvalue weighted by atomic mass is 10.5. The quantitative estimate of drug-likeness (QED) is 0.390. The number of allylic oxidation sites excluding steroid dienone is 1. The summed E-state index contributed by atoms with van der Waals surface area (Å²) in [6.07, 6.45) is 5.19. The number of rotatable bonds is 4. The predicted molar refractivity (Wildman–Crippen MR) is 46.2 cm³/mol. The smallest absolute Gasteiger partial charge is 0.144 e. The maximum absolute atomic E-state index is 9.85. The number of anilines is 1. The van der Waals surface area contributed by atoms with E-state index in [0.717, 1.165) is 0 Å². The van der Waals surface area contributed by atoms with Crippen molar-refractivity contribution in [3.8, 4) is 0 Å². The molecule has 4 heteroatoms. The van der Waals surface area contributed by atoms with Gasteiger partial charge in [-0.05, 0) is 18.2 Å². The molecule has 12 heavy (non-hydrogen) atoms. The summed E-state index contributed by atoms with van der Waals surface area (Å²) in [5, 5.41) is 0. The number of pyridine rings is 1. The van der Waals surface area contributed by atoms with E-state index in [9.17, 15) is 4.79 Å². The lowest BCUT2D eigenvalue weighted by Gasteiger charge is -2.01. The van der Waals surface area contributed by atoms with Gasteiger partial charge in [0.1, 0.15) is 12.1 Å². The highest BCUT2D eigenvalue weighted by molar-refractivity contribution is 5.64. The molecule has 0 amide bonds. The maximum Gasteiger partial charge on any atom is 0.144 e. The van der Waals surface area contributed by atoms with Crippen molar-refractivity contribution in [1.29, 1.82) is 0 Å². The third-order valence-electron chi connectivity index (χ3n) is 1.12. The van der Waals surface area contributed by atoms with Crippen LogP contribution in [0.2, 0.25) is 0 Å². The molecule has 0 aliphatic carbocycles. The van der Waals surface area contributed by atoms with Gasteiger partial charge < -0.3 is 5.43 Å². The Balaban J connectivity index is 2.33. The highest BCUT2D eigenvalue weighted by atomic mass is 16.1. The number of hydrogen-bond donors (Lipinski definition) is 2. The van der Waals surface area contributed by atoms with Crippen molar-refractivity contribution in [2.75, 3.05) is 5.43 Å². The van der Waals surface area contributed by atoms with Crippen LogP contribution in [-0.2, 0) is 4.79 Å². The molecular weight excluding hydrogens is 154 g/mol. The number of nitrogens with one attached hydrogen (secondary N) is 2. The molecule has 0 spiro atoms. The summed E-state index contributed by atoms with van der Waals surface area (Å²) in [5.74, 6) is 0.702. The minimum absolute atomic E-state index is 0.688. The van der Waals surface area contributed by atoms with Gasteiger partial charge in [0.15, 0.2) is 0 Å². The van der Waals surface area contributed by atoms with E-state index >= 15 is 0 Å². The van der Waals surface area contributed by atoms with Crippen LogP contribution in [-0.4, -0.2) is 11.3 Å². The van der Waals surface area contributed by atoms with Crippen molar-refractivity contribution >= 4 is 12.1 Å². The van der Waals surface area contributed by atoms with Crippen molar-refractivity contribution in [1.82, 2.24) is 10.4 Å². The van der Waals surface area contributed by atoms with Crippen LogP contribution in [0.4, 0.5) is 5.82 Å². The Bertz CT molecular complexity index is 258. The molecule has 0 aromatic carbocycles. The van der Waals surface area contributed by atoms with Crippen molar-refractivity contribution < 1.29 is 4.79 Å². The molecule has 1 aromatic rings. The molecule has 0 fully saturated rings. The standard InChI is InChI=1S/C8H9N3O/c12-7-3-6-10-11-8-4-1-2-5-9-8/h1-7,10H,(H,9,11). The van der Waals surface area contributed by atoms with E-state index in [1.54, 1.807) is 6.20 Å². The molecular formula is C8H9N3O. The van der Waals surface area contributed by atoms with Gasteiger partial charge in [-0.1, -0.05) is 6.07 Å². The molecule has 0 saturated heterocycles. The van der Waals surface area contributed by atoms with Crippen molar-refractivity contribution in [3.05, 3.63) is 36.7 Å². The SMILES string of the molecule is O=CC=CNNc1ccccn1. The van der Waals surface area contributed by atoms with Crippen LogP contribution in [0.15, 0.2) is 36.7 Å². The van der Waals surface area contributed by atoms with Crippen LogP contribution in [0, 0.1) is 0 Å².